The minimum absolute atomic E-state index is 0.0608. The summed E-state index contributed by atoms with van der Waals surface area (Å²) in [7, 11) is 0. The molecule has 0 radical (unpaired) electrons. The summed E-state index contributed by atoms with van der Waals surface area (Å²) >= 11 is 0. The van der Waals surface area contributed by atoms with E-state index in [9.17, 15) is 4.79 Å². The molecule has 0 fully saturated rings. The standard InChI is InChI=1S/C16H18N4O/c1-2-5-12-9-15(20-19-12)18-16(21)8-11-10-17-14-7-4-3-6-13(11)14/h3-4,6-7,9-10,17H,2,5,8H2,1H3,(H2,18,19,20,21). The van der Waals surface area contributed by atoms with E-state index in [1.807, 2.05) is 36.5 Å². The first-order valence-electron chi connectivity index (χ1n) is 7.15. The Hall–Kier alpha value is -2.56. The number of amides is 1. The minimum Gasteiger partial charge on any atom is -0.361 e. The van der Waals surface area contributed by atoms with E-state index in [0.717, 1.165) is 35.0 Å². The predicted molar refractivity (Wildman–Crippen MR) is 83.2 cm³/mol. The van der Waals surface area contributed by atoms with Crippen molar-refractivity contribution in [1.82, 2.24) is 15.2 Å². The molecule has 3 rings (SSSR count). The third kappa shape index (κ3) is 2.97. The van der Waals surface area contributed by atoms with Gasteiger partial charge in [0.05, 0.1) is 6.42 Å². The first kappa shape index (κ1) is 13.4. The van der Waals surface area contributed by atoms with Crippen LogP contribution in [0.3, 0.4) is 0 Å². The molecular weight excluding hydrogens is 264 g/mol. The number of aryl methyl sites for hydroxylation is 1. The lowest BCUT2D eigenvalue weighted by Gasteiger charge is -2.00. The highest BCUT2D eigenvalue weighted by Crippen LogP contribution is 2.18. The SMILES string of the molecule is CCCc1cc(NC(=O)Cc2c[nH]c3ccccc23)n[nH]1. The van der Waals surface area contributed by atoms with Gasteiger partial charge in [0.25, 0.3) is 0 Å². The average molecular weight is 282 g/mol. The van der Waals surface area contributed by atoms with E-state index in [4.69, 9.17) is 0 Å². The minimum atomic E-state index is -0.0608. The number of hydrogen-bond acceptors (Lipinski definition) is 2. The number of nitrogens with zero attached hydrogens (tertiary/aromatic N) is 1. The summed E-state index contributed by atoms with van der Waals surface area (Å²) in [5.74, 6) is 0.526. The molecule has 3 aromatic rings. The molecule has 2 heterocycles. The van der Waals surface area contributed by atoms with E-state index in [2.05, 4.69) is 27.4 Å². The summed E-state index contributed by atoms with van der Waals surface area (Å²) in [6.07, 6.45) is 4.20. The highest BCUT2D eigenvalue weighted by molar-refractivity contribution is 5.95. The third-order valence-electron chi connectivity index (χ3n) is 3.44. The van der Waals surface area contributed by atoms with Crippen LogP contribution in [0.2, 0.25) is 0 Å². The quantitative estimate of drug-likeness (QED) is 0.673. The van der Waals surface area contributed by atoms with E-state index in [1.54, 1.807) is 0 Å². The molecular formula is C16H18N4O. The van der Waals surface area contributed by atoms with Gasteiger partial charge in [-0.15, -0.1) is 0 Å². The number of hydrogen-bond donors (Lipinski definition) is 3. The molecule has 21 heavy (non-hydrogen) atoms. The van der Waals surface area contributed by atoms with E-state index >= 15 is 0 Å². The number of fused-ring (bicyclic) bond motifs is 1. The van der Waals surface area contributed by atoms with Crippen LogP contribution in [0.4, 0.5) is 5.82 Å². The van der Waals surface area contributed by atoms with Crippen LogP contribution in [0.25, 0.3) is 10.9 Å². The fraction of sp³-hybridized carbons (Fsp3) is 0.250. The molecule has 0 aliphatic rings. The Balaban J connectivity index is 1.68. The number of H-pyrrole nitrogens is 2. The molecule has 0 spiro atoms. The Morgan fingerprint density at radius 1 is 1.33 bits per heavy atom. The van der Waals surface area contributed by atoms with Crippen molar-refractivity contribution in [2.75, 3.05) is 5.32 Å². The predicted octanol–water partition coefficient (Wildman–Crippen LogP) is 3.02. The summed E-state index contributed by atoms with van der Waals surface area (Å²) in [6, 6.07) is 9.85. The summed E-state index contributed by atoms with van der Waals surface area (Å²) in [5.41, 5.74) is 3.08. The number of anilines is 1. The lowest BCUT2D eigenvalue weighted by molar-refractivity contribution is -0.115. The number of aromatic nitrogens is 3. The molecule has 0 bridgehead atoms. The maximum absolute atomic E-state index is 12.1. The second-order valence-corrected chi connectivity index (χ2v) is 5.11. The molecule has 5 heteroatoms. The van der Waals surface area contributed by atoms with Gasteiger partial charge in [0.1, 0.15) is 0 Å². The van der Waals surface area contributed by atoms with Crippen molar-refractivity contribution in [3.63, 3.8) is 0 Å². The Morgan fingerprint density at radius 2 is 2.19 bits per heavy atom. The molecule has 1 amide bonds. The number of benzene rings is 1. The van der Waals surface area contributed by atoms with Crippen molar-refractivity contribution >= 4 is 22.6 Å². The van der Waals surface area contributed by atoms with Crippen molar-refractivity contribution in [1.29, 1.82) is 0 Å². The van der Waals surface area contributed by atoms with Gasteiger partial charge in [-0.25, -0.2) is 0 Å². The molecule has 0 atom stereocenters. The Morgan fingerprint density at radius 3 is 3.05 bits per heavy atom. The zero-order valence-corrected chi connectivity index (χ0v) is 11.9. The number of rotatable bonds is 5. The summed E-state index contributed by atoms with van der Waals surface area (Å²) in [6.45, 7) is 2.11. The summed E-state index contributed by atoms with van der Waals surface area (Å²) in [5, 5.41) is 10.9. The Labute approximate surface area is 122 Å². The van der Waals surface area contributed by atoms with Gasteiger partial charge in [0, 0.05) is 28.9 Å². The number of nitrogens with one attached hydrogen (secondary N) is 3. The second-order valence-electron chi connectivity index (χ2n) is 5.11. The third-order valence-corrected chi connectivity index (χ3v) is 3.44. The Bertz CT molecular complexity index is 756. The second kappa shape index (κ2) is 5.83. The largest absolute Gasteiger partial charge is 0.361 e. The van der Waals surface area contributed by atoms with Gasteiger partial charge in [-0.05, 0) is 18.1 Å². The topological polar surface area (TPSA) is 73.6 Å². The van der Waals surface area contributed by atoms with Crippen LogP contribution in [-0.4, -0.2) is 21.1 Å². The first-order chi connectivity index (χ1) is 10.3. The molecule has 0 unspecified atom stereocenters. The van der Waals surface area contributed by atoms with Crippen LogP contribution in [-0.2, 0) is 17.6 Å². The van der Waals surface area contributed by atoms with Gasteiger partial charge >= 0.3 is 0 Å². The normalized spacial score (nSPS) is 10.9. The maximum atomic E-state index is 12.1. The molecule has 3 N–H and O–H groups in total. The summed E-state index contributed by atoms with van der Waals surface area (Å²) in [4.78, 5) is 15.3. The van der Waals surface area contributed by atoms with Gasteiger partial charge in [-0.3, -0.25) is 9.89 Å². The van der Waals surface area contributed by atoms with Gasteiger partial charge in [-0.2, -0.15) is 5.10 Å². The van der Waals surface area contributed by atoms with E-state index < -0.39 is 0 Å². The lowest BCUT2D eigenvalue weighted by Crippen LogP contribution is -2.14. The van der Waals surface area contributed by atoms with E-state index in [0.29, 0.717) is 12.2 Å². The molecule has 5 nitrogen and oxygen atoms in total. The van der Waals surface area contributed by atoms with Crippen LogP contribution in [0.5, 0.6) is 0 Å². The van der Waals surface area contributed by atoms with Gasteiger partial charge in [0.15, 0.2) is 5.82 Å². The van der Waals surface area contributed by atoms with Crippen LogP contribution in [0.1, 0.15) is 24.6 Å². The fourth-order valence-corrected chi connectivity index (χ4v) is 2.46. The number of carbonyl (C=O) groups is 1. The molecule has 0 aliphatic heterocycles. The Kier molecular flexibility index (Phi) is 3.73. The number of para-hydroxylation sites is 1. The average Bonchev–Trinajstić information content (AvgIpc) is 3.07. The van der Waals surface area contributed by atoms with Crippen LogP contribution >= 0.6 is 0 Å². The highest BCUT2D eigenvalue weighted by Gasteiger charge is 2.10. The van der Waals surface area contributed by atoms with Gasteiger partial charge in [0.2, 0.25) is 5.91 Å². The highest BCUT2D eigenvalue weighted by atomic mass is 16.1. The van der Waals surface area contributed by atoms with Crippen molar-refractivity contribution < 1.29 is 4.79 Å². The molecule has 108 valence electrons. The van der Waals surface area contributed by atoms with E-state index in [-0.39, 0.29) is 5.91 Å². The lowest BCUT2D eigenvalue weighted by atomic mass is 10.1. The molecule has 0 aliphatic carbocycles. The van der Waals surface area contributed by atoms with Crippen molar-refractivity contribution in [3.8, 4) is 0 Å². The van der Waals surface area contributed by atoms with Crippen LogP contribution < -0.4 is 5.32 Å². The number of aromatic amines is 2. The molecule has 2 aromatic heterocycles. The summed E-state index contributed by atoms with van der Waals surface area (Å²) < 4.78 is 0. The van der Waals surface area contributed by atoms with Crippen LogP contribution in [0, 0.1) is 0 Å². The molecule has 0 saturated carbocycles. The van der Waals surface area contributed by atoms with Crippen molar-refractivity contribution in [2.24, 2.45) is 0 Å². The van der Waals surface area contributed by atoms with E-state index in [1.165, 1.54) is 0 Å². The zero-order valence-electron chi connectivity index (χ0n) is 11.9. The van der Waals surface area contributed by atoms with Crippen LogP contribution in [0.15, 0.2) is 36.5 Å². The maximum Gasteiger partial charge on any atom is 0.230 e. The van der Waals surface area contributed by atoms with Crippen molar-refractivity contribution in [2.45, 2.75) is 26.2 Å². The monoisotopic (exact) mass is 282 g/mol. The molecule has 1 aromatic carbocycles. The number of carbonyl (C=O) groups excluding carboxylic acids is 1. The van der Waals surface area contributed by atoms with Crippen molar-refractivity contribution in [3.05, 3.63) is 47.8 Å². The fourth-order valence-electron chi connectivity index (χ4n) is 2.46. The smallest absolute Gasteiger partial charge is 0.230 e. The first-order valence-corrected chi connectivity index (χ1v) is 7.15. The molecule has 0 saturated heterocycles. The van der Waals surface area contributed by atoms with Gasteiger partial charge in [-0.1, -0.05) is 31.5 Å². The van der Waals surface area contributed by atoms with Gasteiger partial charge < -0.3 is 10.3 Å². The zero-order chi connectivity index (χ0) is 14.7.